The van der Waals surface area contributed by atoms with Gasteiger partial charge in [0.2, 0.25) is 0 Å². The van der Waals surface area contributed by atoms with Gasteiger partial charge in [0.15, 0.2) is 0 Å². The van der Waals surface area contributed by atoms with Crippen LogP contribution < -0.4 is 5.32 Å². The Balaban J connectivity index is 1.19. The molecule has 2 saturated heterocycles. The monoisotopic (exact) mass is 529 g/mol. The Labute approximate surface area is 219 Å². The number of pyridine rings is 1. The van der Waals surface area contributed by atoms with Crippen LogP contribution in [0.15, 0.2) is 30.6 Å². The number of carbonyl (C=O) groups excluding carboxylic acids is 1. The zero-order valence-electron chi connectivity index (χ0n) is 20.1. The van der Waals surface area contributed by atoms with E-state index in [9.17, 15) is 9.90 Å². The summed E-state index contributed by atoms with van der Waals surface area (Å²) in [4.78, 5) is 19.6. The number of hydrogen-bond donors (Lipinski definition) is 2. The molecule has 10 heteroatoms. The van der Waals surface area contributed by atoms with E-state index in [0.29, 0.717) is 41.7 Å². The van der Waals surface area contributed by atoms with Crippen molar-refractivity contribution in [2.24, 2.45) is 0 Å². The lowest BCUT2D eigenvalue weighted by molar-refractivity contribution is -0.00211. The number of nitrogens with zero attached hydrogens (tertiary/aromatic N) is 4. The number of amides is 1. The number of carbonyl (C=O) groups is 1. The van der Waals surface area contributed by atoms with Gasteiger partial charge < -0.3 is 15.2 Å². The fourth-order valence-electron chi connectivity index (χ4n) is 5.48. The van der Waals surface area contributed by atoms with Crippen LogP contribution in [-0.4, -0.2) is 68.6 Å². The maximum Gasteiger partial charge on any atom is 0.261 e. The normalized spacial score (nSPS) is 25.5. The molecule has 190 valence electrons. The van der Waals surface area contributed by atoms with Crippen molar-refractivity contribution in [3.05, 3.63) is 51.9 Å². The van der Waals surface area contributed by atoms with Gasteiger partial charge in [-0.05, 0) is 80.8 Å². The third-order valence-corrected chi connectivity index (χ3v) is 8.70. The molecule has 2 aliphatic heterocycles. The SMILES string of the molecule is C[C@]1(N2CCC(c3cc4cc(NC(=O)c5cnn(C6CC6)c5Cl)ncc4cc3Cl)CC2)COC[C@H]1O. The van der Waals surface area contributed by atoms with Crippen LogP contribution in [-0.2, 0) is 4.74 Å². The van der Waals surface area contributed by atoms with E-state index in [4.69, 9.17) is 27.9 Å². The smallest absolute Gasteiger partial charge is 0.261 e. The van der Waals surface area contributed by atoms with Gasteiger partial charge in [-0.15, -0.1) is 0 Å². The number of rotatable bonds is 5. The van der Waals surface area contributed by atoms with Gasteiger partial charge >= 0.3 is 0 Å². The van der Waals surface area contributed by atoms with Gasteiger partial charge in [0.05, 0.1) is 42.7 Å². The summed E-state index contributed by atoms with van der Waals surface area (Å²) >= 11 is 13.1. The number of aliphatic hydroxyl groups excluding tert-OH is 1. The number of halogens is 2. The van der Waals surface area contributed by atoms with Crippen molar-refractivity contribution < 1.29 is 14.6 Å². The molecule has 3 fully saturated rings. The van der Waals surface area contributed by atoms with Crippen LogP contribution in [0.2, 0.25) is 10.2 Å². The molecule has 1 aromatic carbocycles. The molecule has 1 amide bonds. The lowest BCUT2D eigenvalue weighted by atomic mass is 9.85. The molecule has 2 atom stereocenters. The Morgan fingerprint density at radius 2 is 1.92 bits per heavy atom. The number of anilines is 1. The topological polar surface area (TPSA) is 92.5 Å². The molecule has 0 radical (unpaired) electrons. The van der Waals surface area contributed by atoms with Crippen molar-refractivity contribution in [1.29, 1.82) is 0 Å². The third-order valence-electron chi connectivity index (χ3n) is 8.00. The summed E-state index contributed by atoms with van der Waals surface area (Å²) in [5, 5.41) is 20.5. The van der Waals surface area contributed by atoms with Crippen LogP contribution in [0.4, 0.5) is 5.82 Å². The van der Waals surface area contributed by atoms with Gasteiger partial charge in [-0.3, -0.25) is 14.4 Å². The summed E-state index contributed by atoms with van der Waals surface area (Å²) in [6.45, 7) is 4.80. The highest BCUT2D eigenvalue weighted by Crippen LogP contribution is 2.39. The number of ether oxygens (including phenoxy) is 1. The first-order chi connectivity index (χ1) is 17.3. The van der Waals surface area contributed by atoms with Crippen molar-refractivity contribution in [2.45, 2.75) is 56.2 Å². The summed E-state index contributed by atoms with van der Waals surface area (Å²) in [6.07, 6.45) is 6.75. The standard InChI is InChI=1S/C26H29Cl2N5O3/c1-26(14-36-13-22(26)34)32-6-4-15(5-7-32)19-8-16-10-23(29-11-17(16)9-21(19)27)31-25(35)20-12-30-33(24(20)28)18-2-3-18/h8-12,15,18,22,34H,2-7,13-14H2,1H3,(H,29,31,35)/t22-,26+/m1/s1. The molecular formula is C26H29Cl2N5O3. The molecule has 2 N–H and O–H groups in total. The highest BCUT2D eigenvalue weighted by atomic mass is 35.5. The van der Waals surface area contributed by atoms with Crippen LogP contribution in [0.5, 0.6) is 0 Å². The maximum atomic E-state index is 12.8. The Morgan fingerprint density at radius 1 is 1.14 bits per heavy atom. The minimum Gasteiger partial charge on any atom is -0.389 e. The fraction of sp³-hybridized carbons (Fsp3) is 0.500. The minimum atomic E-state index is -0.461. The first kappa shape index (κ1) is 24.1. The number of fused-ring (bicyclic) bond motifs is 1. The molecule has 1 saturated carbocycles. The summed E-state index contributed by atoms with van der Waals surface area (Å²) in [7, 11) is 0. The second-order valence-corrected chi connectivity index (χ2v) is 11.2. The molecule has 2 aromatic heterocycles. The van der Waals surface area contributed by atoms with Crippen LogP contribution >= 0.6 is 23.2 Å². The Hall–Kier alpha value is -2.23. The summed E-state index contributed by atoms with van der Waals surface area (Å²) in [5.41, 5.74) is 1.13. The number of hydrogen-bond acceptors (Lipinski definition) is 6. The van der Waals surface area contributed by atoms with E-state index in [1.165, 1.54) is 6.20 Å². The molecule has 3 aromatic rings. The van der Waals surface area contributed by atoms with E-state index in [1.807, 2.05) is 12.1 Å². The fourth-order valence-corrected chi connectivity index (χ4v) is 6.12. The Kier molecular flexibility index (Phi) is 6.20. The summed E-state index contributed by atoms with van der Waals surface area (Å²) < 4.78 is 7.24. The lowest BCUT2D eigenvalue weighted by Crippen LogP contribution is -2.56. The average Bonchev–Trinajstić information content (AvgIpc) is 3.55. The van der Waals surface area contributed by atoms with Crippen LogP contribution in [0, 0.1) is 0 Å². The highest BCUT2D eigenvalue weighted by molar-refractivity contribution is 6.33. The first-order valence-electron chi connectivity index (χ1n) is 12.5. The molecule has 36 heavy (non-hydrogen) atoms. The molecule has 6 rings (SSSR count). The van der Waals surface area contributed by atoms with Crippen LogP contribution in [0.25, 0.3) is 10.8 Å². The predicted octanol–water partition coefficient (Wildman–Crippen LogP) is 4.65. The van der Waals surface area contributed by atoms with Gasteiger partial charge in [0.1, 0.15) is 11.0 Å². The molecule has 0 unspecified atom stereocenters. The number of piperidine rings is 1. The average molecular weight is 530 g/mol. The van der Waals surface area contributed by atoms with E-state index >= 15 is 0 Å². The van der Waals surface area contributed by atoms with E-state index in [0.717, 1.165) is 60.1 Å². The zero-order chi connectivity index (χ0) is 25.0. The number of aromatic nitrogens is 3. The van der Waals surface area contributed by atoms with E-state index in [2.05, 4.69) is 33.3 Å². The van der Waals surface area contributed by atoms with Crippen molar-refractivity contribution in [3.8, 4) is 0 Å². The van der Waals surface area contributed by atoms with Crippen molar-refractivity contribution in [1.82, 2.24) is 19.7 Å². The van der Waals surface area contributed by atoms with Gasteiger partial charge in [0, 0.05) is 16.6 Å². The second-order valence-electron chi connectivity index (χ2n) is 10.4. The molecule has 1 aliphatic carbocycles. The van der Waals surface area contributed by atoms with Gasteiger partial charge in [-0.25, -0.2) is 4.98 Å². The van der Waals surface area contributed by atoms with E-state index < -0.39 is 6.10 Å². The van der Waals surface area contributed by atoms with Crippen LogP contribution in [0.3, 0.4) is 0 Å². The van der Waals surface area contributed by atoms with Gasteiger partial charge in [0.25, 0.3) is 5.91 Å². The summed E-state index contributed by atoms with van der Waals surface area (Å²) in [5.74, 6) is 0.445. The van der Waals surface area contributed by atoms with Crippen molar-refractivity contribution in [2.75, 3.05) is 31.6 Å². The molecule has 0 spiro atoms. The summed E-state index contributed by atoms with van der Waals surface area (Å²) in [6, 6.07) is 6.23. The number of nitrogens with one attached hydrogen (secondary N) is 1. The third kappa shape index (κ3) is 4.29. The van der Waals surface area contributed by atoms with E-state index in [1.54, 1.807) is 10.9 Å². The second kappa shape index (κ2) is 9.26. The van der Waals surface area contributed by atoms with Crippen LogP contribution in [0.1, 0.15) is 60.5 Å². The largest absolute Gasteiger partial charge is 0.389 e. The first-order valence-corrected chi connectivity index (χ1v) is 13.2. The molecule has 4 heterocycles. The molecule has 3 aliphatic rings. The number of benzene rings is 1. The highest BCUT2D eigenvalue weighted by Gasteiger charge is 2.45. The molecular weight excluding hydrogens is 501 g/mol. The Morgan fingerprint density at radius 3 is 2.61 bits per heavy atom. The molecule has 8 nitrogen and oxygen atoms in total. The number of aliphatic hydroxyl groups is 1. The minimum absolute atomic E-state index is 0.298. The van der Waals surface area contributed by atoms with Crippen molar-refractivity contribution >= 4 is 45.7 Å². The quantitative estimate of drug-likeness (QED) is 0.499. The number of likely N-dealkylation sites (tertiary alicyclic amines) is 1. The van der Waals surface area contributed by atoms with Gasteiger partial charge in [-0.2, -0.15) is 5.10 Å². The molecule has 0 bridgehead atoms. The van der Waals surface area contributed by atoms with Crippen molar-refractivity contribution in [3.63, 3.8) is 0 Å². The predicted molar refractivity (Wildman–Crippen MR) is 139 cm³/mol. The van der Waals surface area contributed by atoms with E-state index in [-0.39, 0.29) is 11.4 Å². The zero-order valence-corrected chi connectivity index (χ0v) is 21.6. The maximum absolute atomic E-state index is 12.8. The Bertz CT molecular complexity index is 1320. The van der Waals surface area contributed by atoms with Gasteiger partial charge in [-0.1, -0.05) is 23.2 Å². The lowest BCUT2D eigenvalue weighted by Gasteiger charge is -2.43.